The minimum atomic E-state index is -4.06. The van der Waals surface area contributed by atoms with Gasteiger partial charge in [-0.25, -0.2) is 0 Å². The van der Waals surface area contributed by atoms with E-state index in [1.54, 1.807) is 12.4 Å². The smallest absolute Gasteiger partial charge is 0.380 e. The molecule has 1 fully saturated rings. The van der Waals surface area contributed by atoms with E-state index in [9.17, 15) is 13.2 Å². The zero-order valence-corrected chi connectivity index (χ0v) is 8.72. The van der Waals surface area contributed by atoms with Gasteiger partial charge in [0.1, 0.15) is 0 Å². The molecule has 1 saturated carbocycles. The Morgan fingerprint density at radius 2 is 2.19 bits per heavy atom. The van der Waals surface area contributed by atoms with Crippen LogP contribution in [0, 0.1) is 5.92 Å². The molecule has 90 valence electrons. The van der Waals surface area contributed by atoms with Crippen LogP contribution in [0.25, 0.3) is 0 Å². The average Bonchev–Trinajstić information content (AvgIpc) is 2.70. The van der Waals surface area contributed by atoms with Gasteiger partial charge in [0, 0.05) is 12.2 Å². The molecule has 16 heavy (non-hydrogen) atoms. The van der Waals surface area contributed by atoms with E-state index >= 15 is 0 Å². The number of nitrogens with zero attached hydrogens (tertiary/aromatic N) is 1. The predicted molar refractivity (Wildman–Crippen MR) is 54.0 cm³/mol. The van der Waals surface area contributed by atoms with Gasteiger partial charge >= 0.3 is 6.18 Å². The Hall–Kier alpha value is -1.20. The molecule has 0 aromatic carbocycles. The van der Waals surface area contributed by atoms with E-state index < -0.39 is 12.1 Å². The summed E-state index contributed by atoms with van der Waals surface area (Å²) in [6, 6.07) is -0.0991. The number of halogens is 3. The molecule has 0 aliphatic heterocycles. The van der Waals surface area contributed by atoms with Gasteiger partial charge in [0.2, 0.25) is 0 Å². The maximum Gasteiger partial charge on any atom is 0.391 e. The number of hydrogen-bond donors (Lipinski definition) is 2. The Bertz CT molecular complexity index is 321. The summed E-state index contributed by atoms with van der Waals surface area (Å²) in [5, 5.41) is 9.44. The van der Waals surface area contributed by atoms with Crippen LogP contribution >= 0.6 is 0 Å². The van der Waals surface area contributed by atoms with Crippen molar-refractivity contribution in [1.29, 1.82) is 0 Å². The molecule has 2 unspecified atom stereocenters. The molecule has 0 amide bonds. The molecule has 1 aromatic heterocycles. The molecule has 3 nitrogen and oxygen atoms in total. The standard InChI is InChI=1S/C10H14F3N3/c11-10(12,13)7-2-1-3-8(4-7)16-9-5-14-15-6-9/h5-8,16H,1-4H2,(H,14,15). The average molecular weight is 233 g/mol. The van der Waals surface area contributed by atoms with Crippen LogP contribution in [0.5, 0.6) is 0 Å². The highest BCUT2D eigenvalue weighted by Crippen LogP contribution is 2.38. The molecule has 0 radical (unpaired) electrons. The lowest BCUT2D eigenvalue weighted by Gasteiger charge is -2.31. The fourth-order valence-electron chi connectivity index (χ4n) is 2.18. The van der Waals surface area contributed by atoms with E-state index in [1.165, 1.54) is 0 Å². The van der Waals surface area contributed by atoms with E-state index in [1.807, 2.05) is 0 Å². The molecule has 0 saturated heterocycles. The summed E-state index contributed by atoms with van der Waals surface area (Å²) in [6.07, 6.45) is 1.00. The Kier molecular flexibility index (Phi) is 3.07. The zero-order valence-electron chi connectivity index (χ0n) is 8.72. The minimum absolute atomic E-state index is 0.0991. The van der Waals surface area contributed by atoms with Crippen molar-refractivity contribution in [2.45, 2.75) is 37.9 Å². The van der Waals surface area contributed by atoms with Gasteiger partial charge in [0.15, 0.2) is 0 Å². The number of aromatic nitrogens is 2. The molecule has 2 rings (SSSR count). The lowest BCUT2D eigenvalue weighted by Crippen LogP contribution is -2.34. The van der Waals surface area contributed by atoms with Crippen molar-refractivity contribution in [1.82, 2.24) is 10.2 Å². The van der Waals surface area contributed by atoms with Crippen molar-refractivity contribution < 1.29 is 13.2 Å². The highest BCUT2D eigenvalue weighted by Gasteiger charge is 2.42. The molecule has 0 bridgehead atoms. The number of aromatic amines is 1. The van der Waals surface area contributed by atoms with Crippen LogP contribution in [0.1, 0.15) is 25.7 Å². The highest BCUT2D eigenvalue weighted by atomic mass is 19.4. The number of rotatable bonds is 2. The summed E-state index contributed by atoms with van der Waals surface area (Å²) in [4.78, 5) is 0. The van der Waals surface area contributed by atoms with Crippen molar-refractivity contribution in [2.24, 2.45) is 5.92 Å². The largest absolute Gasteiger partial charge is 0.391 e. The molecule has 0 spiro atoms. The molecule has 1 heterocycles. The summed E-state index contributed by atoms with van der Waals surface area (Å²) in [6.45, 7) is 0. The third-order valence-corrected chi connectivity index (χ3v) is 3.01. The van der Waals surface area contributed by atoms with Gasteiger partial charge < -0.3 is 5.32 Å². The second kappa shape index (κ2) is 4.35. The first-order valence-electron chi connectivity index (χ1n) is 5.38. The molecular weight excluding hydrogens is 219 g/mol. The molecule has 2 atom stereocenters. The molecule has 1 aromatic rings. The third-order valence-electron chi connectivity index (χ3n) is 3.01. The molecular formula is C10H14F3N3. The van der Waals surface area contributed by atoms with Crippen molar-refractivity contribution >= 4 is 5.69 Å². The van der Waals surface area contributed by atoms with Crippen molar-refractivity contribution in [2.75, 3.05) is 5.32 Å². The van der Waals surface area contributed by atoms with E-state index in [-0.39, 0.29) is 18.9 Å². The van der Waals surface area contributed by atoms with Crippen LogP contribution in [0.3, 0.4) is 0 Å². The first-order valence-corrected chi connectivity index (χ1v) is 5.38. The van der Waals surface area contributed by atoms with Gasteiger partial charge in [0.05, 0.1) is 17.8 Å². The maximum absolute atomic E-state index is 12.5. The fourth-order valence-corrected chi connectivity index (χ4v) is 2.18. The van der Waals surface area contributed by atoms with E-state index in [0.29, 0.717) is 6.42 Å². The molecule has 1 aliphatic rings. The maximum atomic E-state index is 12.5. The lowest BCUT2D eigenvalue weighted by molar-refractivity contribution is -0.182. The van der Waals surface area contributed by atoms with Gasteiger partial charge in [-0.1, -0.05) is 6.42 Å². The SMILES string of the molecule is FC(F)(F)C1CCCC(Nc2cn[nH]c2)C1. The second-order valence-corrected chi connectivity index (χ2v) is 4.23. The van der Waals surface area contributed by atoms with Crippen molar-refractivity contribution in [3.05, 3.63) is 12.4 Å². The number of H-pyrrole nitrogens is 1. The summed E-state index contributed by atoms with van der Waals surface area (Å²) in [5.74, 6) is -1.16. The van der Waals surface area contributed by atoms with Crippen molar-refractivity contribution in [3.63, 3.8) is 0 Å². The van der Waals surface area contributed by atoms with Crippen LogP contribution in [0.15, 0.2) is 12.4 Å². The van der Waals surface area contributed by atoms with Gasteiger partial charge in [0.25, 0.3) is 0 Å². The monoisotopic (exact) mass is 233 g/mol. The Balaban J connectivity index is 1.92. The number of nitrogens with one attached hydrogen (secondary N) is 2. The second-order valence-electron chi connectivity index (χ2n) is 4.23. The summed E-state index contributed by atoms with van der Waals surface area (Å²) < 4.78 is 37.6. The van der Waals surface area contributed by atoms with E-state index in [2.05, 4.69) is 15.5 Å². The first kappa shape index (κ1) is 11.3. The molecule has 1 aliphatic carbocycles. The van der Waals surface area contributed by atoms with Crippen molar-refractivity contribution in [3.8, 4) is 0 Å². The quantitative estimate of drug-likeness (QED) is 0.824. The molecule has 2 N–H and O–H groups in total. The normalized spacial score (nSPS) is 26.7. The summed E-state index contributed by atoms with van der Waals surface area (Å²) in [7, 11) is 0. The topological polar surface area (TPSA) is 40.7 Å². The Labute approximate surface area is 91.4 Å². The van der Waals surface area contributed by atoms with Crippen LogP contribution in [-0.4, -0.2) is 22.4 Å². The first-order chi connectivity index (χ1) is 7.55. The van der Waals surface area contributed by atoms with E-state index in [0.717, 1.165) is 12.1 Å². The van der Waals surface area contributed by atoms with E-state index in [4.69, 9.17) is 0 Å². The van der Waals surface area contributed by atoms with Gasteiger partial charge in [-0.05, 0) is 19.3 Å². The van der Waals surface area contributed by atoms with Crippen LogP contribution in [-0.2, 0) is 0 Å². The summed E-state index contributed by atoms with van der Waals surface area (Å²) in [5.41, 5.74) is 0.757. The van der Waals surface area contributed by atoms with Crippen LogP contribution in [0.4, 0.5) is 18.9 Å². The Morgan fingerprint density at radius 3 is 2.81 bits per heavy atom. The van der Waals surface area contributed by atoms with Gasteiger partial charge in [-0.15, -0.1) is 0 Å². The number of anilines is 1. The fraction of sp³-hybridized carbons (Fsp3) is 0.700. The molecule has 6 heteroatoms. The number of alkyl halides is 3. The zero-order chi connectivity index (χ0) is 11.6. The summed E-state index contributed by atoms with van der Waals surface area (Å²) >= 11 is 0. The highest BCUT2D eigenvalue weighted by molar-refractivity contribution is 5.38. The predicted octanol–water partition coefficient (Wildman–Crippen LogP) is 2.94. The van der Waals surface area contributed by atoms with Crippen LogP contribution in [0.2, 0.25) is 0 Å². The lowest BCUT2D eigenvalue weighted by atomic mass is 9.85. The minimum Gasteiger partial charge on any atom is -0.380 e. The Morgan fingerprint density at radius 1 is 1.38 bits per heavy atom. The third kappa shape index (κ3) is 2.68. The van der Waals surface area contributed by atoms with Gasteiger partial charge in [-0.2, -0.15) is 18.3 Å². The number of hydrogen-bond acceptors (Lipinski definition) is 2. The van der Waals surface area contributed by atoms with Crippen LogP contribution < -0.4 is 5.32 Å². The van der Waals surface area contributed by atoms with Gasteiger partial charge in [-0.3, -0.25) is 5.10 Å².